The van der Waals surface area contributed by atoms with Crippen molar-refractivity contribution in [3.63, 3.8) is 0 Å². The van der Waals surface area contributed by atoms with Crippen molar-refractivity contribution in [3.8, 4) is 5.75 Å². The monoisotopic (exact) mass is 460 g/mol. The molecule has 0 aromatic heterocycles. The second-order valence-corrected chi connectivity index (χ2v) is 9.40. The average Bonchev–Trinajstić information content (AvgIpc) is 2.81. The van der Waals surface area contributed by atoms with Crippen LogP contribution in [0, 0.1) is 6.92 Å². The van der Waals surface area contributed by atoms with Gasteiger partial charge in [-0.15, -0.1) is 0 Å². The summed E-state index contributed by atoms with van der Waals surface area (Å²) in [5.74, 6) is 0.268. The molecule has 4 rings (SSSR count). The molecule has 0 aliphatic carbocycles. The number of carbonyl (C=O) groups is 1. The molecule has 0 radical (unpaired) electrons. The molecule has 0 aliphatic rings. The highest BCUT2D eigenvalue weighted by atomic mass is 32.2. The second kappa shape index (κ2) is 9.34. The molecule has 6 nitrogen and oxygen atoms in total. The Morgan fingerprint density at radius 3 is 2.24 bits per heavy atom. The number of anilines is 2. The number of fused-ring (bicyclic) bond motifs is 1. The van der Waals surface area contributed by atoms with Gasteiger partial charge < -0.3 is 10.1 Å². The number of amides is 1. The predicted octanol–water partition coefficient (Wildman–Crippen LogP) is 5.36. The highest BCUT2D eigenvalue weighted by Crippen LogP contribution is 2.26. The summed E-state index contributed by atoms with van der Waals surface area (Å²) >= 11 is 0. The normalized spacial score (nSPS) is 12.2. The summed E-state index contributed by atoms with van der Waals surface area (Å²) in [5.41, 5.74) is 2.08. The Kier molecular flexibility index (Phi) is 6.33. The minimum atomic E-state index is -3.80. The van der Waals surface area contributed by atoms with E-state index in [-0.39, 0.29) is 10.8 Å². The Morgan fingerprint density at radius 2 is 1.52 bits per heavy atom. The van der Waals surface area contributed by atoms with Gasteiger partial charge in [0.05, 0.1) is 10.6 Å². The number of rotatable bonds is 7. The van der Waals surface area contributed by atoms with Gasteiger partial charge in [-0.2, -0.15) is 0 Å². The van der Waals surface area contributed by atoms with Crippen LogP contribution in [0.1, 0.15) is 12.5 Å². The number of nitrogens with one attached hydrogen (secondary N) is 2. The van der Waals surface area contributed by atoms with E-state index in [1.807, 2.05) is 61.5 Å². The first-order valence-electron chi connectivity index (χ1n) is 10.5. The Hall–Kier alpha value is -3.84. The van der Waals surface area contributed by atoms with Crippen molar-refractivity contribution in [2.75, 3.05) is 10.0 Å². The smallest absolute Gasteiger partial charge is 0.265 e. The van der Waals surface area contributed by atoms with Crippen molar-refractivity contribution < 1.29 is 17.9 Å². The zero-order valence-corrected chi connectivity index (χ0v) is 19.1. The molecule has 1 atom stereocenters. The molecular weight excluding hydrogens is 436 g/mol. The zero-order valence-electron chi connectivity index (χ0n) is 18.3. The van der Waals surface area contributed by atoms with Crippen molar-refractivity contribution in [2.45, 2.75) is 24.8 Å². The van der Waals surface area contributed by atoms with Crippen LogP contribution in [0.15, 0.2) is 95.9 Å². The number of hydrogen-bond donors (Lipinski definition) is 2. The van der Waals surface area contributed by atoms with Crippen LogP contribution in [0.2, 0.25) is 0 Å². The molecule has 4 aromatic carbocycles. The van der Waals surface area contributed by atoms with Crippen LogP contribution in [-0.4, -0.2) is 20.4 Å². The van der Waals surface area contributed by atoms with E-state index in [1.54, 1.807) is 31.2 Å². The van der Waals surface area contributed by atoms with Gasteiger partial charge in [-0.05, 0) is 61.7 Å². The molecule has 4 aromatic rings. The van der Waals surface area contributed by atoms with Crippen LogP contribution in [0.3, 0.4) is 0 Å². The van der Waals surface area contributed by atoms with Crippen LogP contribution in [-0.2, 0) is 14.8 Å². The molecule has 0 fully saturated rings. The highest BCUT2D eigenvalue weighted by Gasteiger charge is 2.18. The molecule has 1 amide bonds. The Labute approximate surface area is 193 Å². The zero-order chi connectivity index (χ0) is 23.4. The van der Waals surface area contributed by atoms with Crippen LogP contribution in [0.5, 0.6) is 5.75 Å². The number of hydrogen-bond acceptors (Lipinski definition) is 4. The number of benzene rings is 4. The Balaban J connectivity index is 1.43. The van der Waals surface area contributed by atoms with Crippen LogP contribution >= 0.6 is 0 Å². The summed E-state index contributed by atoms with van der Waals surface area (Å²) in [7, 11) is -3.80. The molecule has 7 heteroatoms. The van der Waals surface area contributed by atoms with Gasteiger partial charge in [0, 0.05) is 11.1 Å². The molecule has 33 heavy (non-hydrogen) atoms. The first-order chi connectivity index (χ1) is 15.8. The first kappa shape index (κ1) is 22.4. The Bertz CT molecular complexity index is 1380. The van der Waals surface area contributed by atoms with Gasteiger partial charge in [-0.3, -0.25) is 9.52 Å². The molecule has 0 saturated heterocycles. The van der Waals surface area contributed by atoms with Crippen LogP contribution in [0.4, 0.5) is 11.4 Å². The van der Waals surface area contributed by atoms with Gasteiger partial charge in [0.25, 0.3) is 15.9 Å². The van der Waals surface area contributed by atoms with Gasteiger partial charge in [-0.25, -0.2) is 8.42 Å². The van der Waals surface area contributed by atoms with Crippen LogP contribution in [0.25, 0.3) is 10.8 Å². The maximum atomic E-state index is 12.9. The molecule has 0 unspecified atom stereocenters. The van der Waals surface area contributed by atoms with E-state index in [0.717, 1.165) is 16.3 Å². The molecule has 2 N–H and O–H groups in total. The maximum Gasteiger partial charge on any atom is 0.265 e. The summed E-state index contributed by atoms with van der Waals surface area (Å²) in [4.78, 5) is 12.6. The van der Waals surface area contributed by atoms with Gasteiger partial charge >= 0.3 is 0 Å². The predicted molar refractivity (Wildman–Crippen MR) is 131 cm³/mol. The lowest BCUT2D eigenvalue weighted by molar-refractivity contribution is -0.122. The van der Waals surface area contributed by atoms with Crippen molar-refractivity contribution in [1.29, 1.82) is 0 Å². The third-order valence-corrected chi connectivity index (χ3v) is 6.55. The molecule has 0 heterocycles. The largest absolute Gasteiger partial charge is 0.481 e. The summed E-state index contributed by atoms with van der Waals surface area (Å²) in [5, 5.41) is 4.50. The number of sulfonamides is 1. The van der Waals surface area contributed by atoms with Crippen molar-refractivity contribution in [1.82, 2.24) is 0 Å². The first-order valence-corrected chi connectivity index (χ1v) is 11.9. The molecule has 0 bridgehead atoms. The van der Waals surface area contributed by atoms with E-state index >= 15 is 0 Å². The summed E-state index contributed by atoms with van der Waals surface area (Å²) in [6.45, 7) is 3.63. The number of aryl methyl sites for hydroxylation is 1. The molecule has 168 valence electrons. The highest BCUT2D eigenvalue weighted by molar-refractivity contribution is 7.92. The quantitative estimate of drug-likeness (QED) is 0.389. The van der Waals surface area contributed by atoms with Crippen molar-refractivity contribution in [3.05, 3.63) is 96.6 Å². The van der Waals surface area contributed by atoms with E-state index in [4.69, 9.17) is 4.74 Å². The second-order valence-electron chi connectivity index (χ2n) is 7.72. The number of ether oxygens (including phenoxy) is 1. The topological polar surface area (TPSA) is 84.5 Å². The molecule has 0 saturated carbocycles. The lowest BCUT2D eigenvalue weighted by Crippen LogP contribution is -2.30. The van der Waals surface area contributed by atoms with E-state index < -0.39 is 16.1 Å². The van der Waals surface area contributed by atoms with E-state index in [0.29, 0.717) is 17.1 Å². The lowest BCUT2D eigenvalue weighted by Gasteiger charge is -2.15. The number of carbonyl (C=O) groups excluding carboxylic acids is 1. The lowest BCUT2D eigenvalue weighted by atomic mass is 10.1. The molecular formula is C26H24N2O4S. The fourth-order valence-electron chi connectivity index (χ4n) is 3.35. The fourth-order valence-corrected chi connectivity index (χ4v) is 4.43. The van der Waals surface area contributed by atoms with Crippen molar-refractivity contribution >= 4 is 38.1 Å². The summed E-state index contributed by atoms with van der Waals surface area (Å²) in [6, 6.07) is 26.4. The standard InChI is InChI=1S/C26H24N2O4S/c1-18-10-14-22(15-11-18)32-19(2)26(29)27-21-12-16-23(17-13-21)33(30,31)28-25-9-5-7-20-6-3-4-8-24(20)25/h3-17,19,28H,1-2H3,(H,27,29)/t19-/m0/s1. The van der Waals surface area contributed by atoms with E-state index in [1.165, 1.54) is 12.1 Å². The van der Waals surface area contributed by atoms with E-state index in [2.05, 4.69) is 10.0 Å². The summed E-state index contributed by atoms with van der Waals surface area (Å²) in [6.07, 6.45) is -0.718. The van der Waals surface area contributed by atoms with Gasteiger partial charge in [0.2, 0.25) is 0 Å². The van der Waals surface area contributed by atoms with Gasteiger partial charge in [-0.1, -0.05) is 54.1 Å². The van der Waals surface area contributed by atoms with Gasteiger partial charge in [0.1, 0.15) is 5.75 Å². The average molecular weight is 461 g/mol. The van der Waals surface area contributed by atoms with E-state index in [9.17, 15) is 13.2 Å². The van der Waals surface area contributed by atoms with Gasteiger partial charge in [0.15, 0.2) is 6.10 Å². The third-order valence-electron chi connectivity index (χ3n) is 5.17. The van der Waals surface area contributed by atoms with Crippen molar-refractivity contribution in [2.24, 2.45) is 0 Å². The molecule has 0 spiro atoms. The third kappa shape index (κ3) is 5.32. The fraction of sp³-hybridized carbons (Fsp3) is 0.115. The minimum Gasteiger partial charge on any atom is -0.481 e. The minimum absolute atomic E-state index is 0.0948. The molecule has 0 aliphatic heterocycles. The SMILES string of the molecule is Cc1ccc(O[C@@H](C)C(=O)Nc2ccc(S(=O)(=O)Nc3cccc4ccccc34)cc2)cc1. The summed E-state index contributed by atoms with van der Waals surface area (Å²) < 4.78 is 34.1. The maximum absolute atomic E-state index is 12.9. The van der Waals surface area contributed by atoms with Crippen LogP contribution < -0.4 is 14.8 Å². The Morgan fingerprint density at radius 1 is 0.848 bits per heavy atom.